The number of rotatable bonds is 7. The van der Waals surface area contributed by atoms with Gasteiger partial charge in [-0.15, -0.1) is 0 Å². The number of hydrogen-bond donors (Lipinski definition) is 3. The van der Waals surface area contributed by atoms with Crippen LogP contribution in [0.4, 0.5) is 4.79 Å². The fraction of sp³-hybridized carbons (Fsp3) is 0.941. The molecule has 1 amide bonds. The van der Waals surface area contributed by atoms with Crippen molar-refractivity contribution in [3.8, 4) is 0 Å². The molecule has 2 aliphatic heterocycles. The van der Waals surface area contributed by atoms with Crippen LogP contribution < -0.4 is 5.32 Å². The second-order valence-corrected chi connectivity index (χ2v) is 6.27. The van der Waals surface area contributed by atoms with Crippen LogP contribution in [-0.2, 0) is 4.74 Å². The number of piperazine rings is 2. The van der Waals surface area contributed by atoms with E-state index in [0.717, 1.165) is 78.3 Å². The van der Waals surface area contributed by atoms with E-state index in [9.17, 15) is 4.79 Å². The molecule has 0 saturated carbocycles. The first kappa shape index (κ1) is 22.1. The van der Waals surface area contributed by atoms with Crippen molar-refractivity contribution in [3.05, 3.63) is 0 Å². The minimum Gasteiger partial charge on any atom is -0.450 e. The van der Waals surface area contributed by atoms with Crippen LogP contribution in [0.5, 0.6) is 0 Å². The molecule has 0 unspecified atom stereocenters. The van der Waals surface area contributed by atoms with Gasteiger partial charge in [-0.1, -0.05) is 0 Å². The van der Waals surface area contributed by atoms with Gasteiger partial charge < -0.3 is 30.1 Å². The van der Waals surface area contributed by atoms with Crippen LogP contribution in [-0.4, -0.2) is 116 Å². The highest BCUT2D eigenvalue weighted by Gasteiger charge is 2.21. The maximum absolute atomic E-state index is 11.4. The van der Waals surface area contributed by atoms with E-state index in [1.807, 2.05) is 6.92 Å². The molecule has 2 heterocycles. The van der Waals surface area contributed by atoms with Crippen LogP contribution >= 0.6 is 0 Å². The summed E-state index contributed by atoms with van der Waals surface area (Å²) in [6, 6.07) is 0. The standard InChI is InChI=1S/C10H20N2O3.C7H16N2O/c1-2-15-10(14)12-7-5-11(6-8-12)4-3-9-13;10-7-1-4-9-5-2-8-3-6-9/h13H,2-9H2,1H3;8,10H,1-7H2. The zero-order valence-electron chi connectivity index (χ0n) is 15.7. The summed E-state index contributed by atoms with van der Waals surface area (Å²) in [5.41, 5.74) is 0. The Hall–Kier alpha value is -0.930. The topological polar surface area (TPSA) is 88.5 Å². The Morgan fingerprint density at radius 3 is 1.92 bits per heavy atom. The summed E-state index contributed by atoms with van der Waals surface area (Å²) in [6.45, 7) is 12.5. The molecule has 0 aromatic carbocycles. The summed E-state index contributed by atoms with van der Waals surface area (Å²) in [7, 11) is 0. The Bertz CT molecular complexity index is 333. The van der Waals surface area contributed by atoms with Gasteiger partial charge in [0.25, 0.3) is 0 Å². The molecule has 0 radical (unpaired) electrons. The molecule has 148 valence electrons. The first-order valence-corrected chi connectivity index (χ1v) is 9.50. The Labute approximate surface area is 151 Å². The fourth-order valence-electron chi connectivity index (χ4n) is 2.89. The molecule has 25 heavy (non-hydrogen) atoms. The van der Waals surface area contributed by atoms with Crippen molar-refractivity contribution in [2.75, 3.05) is 85.3 Å². The van der Waals surface area contributed by atoms with Crippen molar-refractivity contribution < 1.29 is 19.7 Å². The first-order chi connectivity index (χ1) is 12.2. The van der Waals surface area contributed by atoms with E-state index in [0.29, 0.717) is 13.2 Å². The highest BCUT2D eigenvalue weighted by atomic mass is 16.6. The molecule has 0 atom stereocenters. The lowest BCUT2D eigenvalue weighted by Gasteiger charge is -2.33. The average molecular weight is 360 g/mol. The summed E-state index contributed by atoms with van der Waals surface area (Å²) in [5, 5.41) is 20.5. The largest absolute Gasteiger partial charge is 0.450 e. The summed E-state index contributed by atoms with van der Waals surface area (Å²) >= 11 is 0. The molecule has 0 aromatic rings. The molecule has 2 fully saturated rings. The van der Waals surface area contributed by atoms with Crippen molar-refractivity contribution in [1.29, 1.82) is 0 Å². The fourth-order valence-corrected chi connectivity index (χ4v) is 2.89. The van der Waals surface area contributed by atoms with Crippen molar-refractivity contribution >= 4 is 6.09 Å². The monoisotopic (exact) mass is 360 g/mol. The lowest BCUT2D eigenvalue weighted by atomic mass is 10.3. The number of amides is 1. The van der Waals surface area contributed by atoms with Gasteiger partial charge in [-0.3, -0.25) is 4.90 Å². The van der Waals surface area contributed by atoms with Gasteiger partial charge in [0.05, 0.1) is 6.61 Å². The van der Waals surface area contributed by atoms with Gasteiger partial charge in [0.15, 0.2) is 0 Å². The molecule has 2 rings (SSSR count). The smallest absolute Gasteiger partial charge is 0.409 e. The number of carbonyl (C=O) groups excluding carboxylic acids is 1. The van der Waals surface area contributed by atoms with E-state index in [1.165, 1.54) is 0 Å². The molecule has 0 aromatic heterocycles. The van der Waals surface area contributed by atoms with Crippen LogP contribution in [0, 0.1) is 0 Å². The minimum atomic E-state index is -0.209. The van der Waals surface area contributed by atoms with E-state index < -0.39 is 0 Å². The molecule has 3 N–H and O–H groups in total. The van der Waals surface area contributed by atoms with Gasteiger partial charge in [-0.2, -0.15) is 0 Å². The molecule has 0 spiro atoms. The summed E-state index contributed by atoms with van der Waals surface area (Å²) < 4.78 is 4.93. The van der Waals surface area contributed by atoms with Gasteiger partial charge in [-0.25, -0.2) is 4.79 Å². The van der Waals surface area contributed by atoms with Gasteiger partial charge in [0.2, 0.25) is 0 Å². The lowest BCUT2D eigenvalue weighted by molar-refractivity contribution is 0.0778. The third-order valence-corrected chi connectivity index (χ3v) is 4.37. The van der Waals surface area contributed by atoms with E-state index in [-0.39, 0.29) is 12.7 Å². The quantitative estimate of drug-likeness (QED) is 0.560. The SMILES string of the molecule is CCOC(=O)N1CCN(CCCO)CC1.OCCCN1CCNCC1. The molecule has 8 nitrogen and oxygen atoms in total. The van der Waals surface area contributed by atoms with Crippen LogP contribution in [0.2, 0.25) is 0 Å². The Balaban J connectivity index is 0.000000271. The van der Waals surface area contributed by atoms with Crippen LogP contribution in [0.3, 0.4) is 0 Å². The molecule has 2 saturated heterocycles. The molecule has 0 bridgehead atoms. The normalized spacial score (nSPS) is 19.2. The van der Waals surface area contributed by atoms with E-state index >= 15 is 0 Å². The second kappa shape index (κ2) is 14.3. The van der Waals surface area contributed by atoms with Crippen LogP contribution in [0.1, 0.15) is 19.8 Å². The Kier molecular flexibility index (Phi) is 12.6. The first-order valence-electron chi connectivity index (χ1n) is 9.50. The number of ether oxygens (including phenoxy) is 1. The van der Waals surface area contributed by atoms with Crippen LogP contribution in [0.25, 0.3) is 0 Å². The predicted octanol–water partition coefficient (Wildman–Crippen LogP) is -0.583. The minimum absolute atomic E-state index is 0.209. The van der Waals surface area contributed by atoms with Crippen molar-refractivity contribution in [3.63, 3.8) is 0 Å². The van der Waals surface area contributed by atoms with E-state index in [1.54, 1.807) is 4.90 Å². The number of nitrogens with zero attached hydrogens (tertiary/aromatic N) is 3. The van der Waals surface area contributed by atoms with E-state index in [4.69, 9.17) is 14.9 Å². The average Bonchev–Trinajstić information content (AvgIpc) is 2.66. The number of nitrogens with one attached hydrogen (secondary N) is 1. The lowest BCUT2D eigenvalue weighted by Crippen LogP contribution is -2.49. The van der Waals surface area contributed by atoms with Crippen LogP contribution in [0.15, 0.2) is 0 Å². The van der Waals surface area contributed by atoms with Gasteiger partial charge in [-0.05, 0) is 19.8 Å². The highest BCUT2D eigenvalue weighted by molar-refractivity contribution is 5.67. The number of aliphatic hydroxyl groups is 2. The van der Waals surface area contributed by atoms with Gasteiger partial charge >= 0.3 is 6.09 Å². The molecule has 2 aliphatic rings. The van der Waals surface area contributed by atoms with Gasteiger partial charge in [0, 0.05) is 78.7 Å². The Morgan fingerprint density at radius 1 is 0.920 bits per heavy atom. The molecular weight excluding hydrogens is 324 g/mol. The number of aliphatic hydroxyl groups excluding tert-OH is 2. The second-order valence-electron chi connectivity index (χ2n) is 6.27. The summed E-state index contributed by atoms with van der Waals surface area (Å²) in [6.07, 6.45) is 1.51. The maximum atomic E-state index is 11.4. The number of hydrogen-bond acceptors (Lipinski definition) is 7. The number of carbonyl (C=O) groups is 1. The predicted molar refractivity (Wildman–Crippen MR) is 97.8 cm³/mol. The summed E-state index contributed by atoms with van der Waals surface area (Å²) in [4.78, 5) is 17.7. The molecular formula is C17H36N4O4. The Morgan fingerprint density at radius 2 is 1.44 bits per heavy atom. The summed E-state index contributed by atoms with van der Waals surface area (Å²) in [5.74, 6) is 0. The van der Waals surface area contributed by atoms with Crippen molar-refractivity contribution in [1.82, 2.24) is 20.0 Å². The van der Waals surface area contributed by atoms with Crippen molar-refractivity contribution in [2.24, 2.45) is 0 Å². The zero-order chi connectivity index (χ0) is 18.3. The highest BCUT2D eigenvalue weighted by Crippen LogP contribution is 2.04. The zero-order valence-corrected chi connectivity index (χ0v) is 15.7. The molecule has 0 aliphatic carbocycles. The third-order valence-electron chi connectivity index (χ3n) is 4.37. The third kappa shape index (κ3) is 9.96. The molecule has 8 heteroatoms. The van der Waals surface area contributed by atoms with Gasteiger partial charge in [0.1, 0.15) is 0 Å². The maximum Gasteiger partial charge on any atom is 0.409 e. The van der Waals surface area contributed by atoms with Crippen molar-refractivity contribution in [2.45, 2.75) is 19.8 Å². The van der Waals surface area contributed by atoms with E-state index in [2.05, 4.69) is 15.1 Å².